The lowest BCUT2D eigenvalue weighted by atomic mass is 9.77. The van der Waals surface area contributed by atoms with Crippen LogP contribution in [0.15, 0.2) is 91.0 Å². The Bertz CT molecular complexity index is 1180. The summed E-state index contributed by atoms with van der Waals surface area (Å²) in [6.45, 7) is 9.07. The van der Waals surface area contributed by atoms with Crippen molar-refractivity contribution in [2.75, 3.05) is 17.2 Å². The quantitative estimate of drug-likeness (QED) is 0.346. The molecule has 3 aromatic carbocycles. The summed E-state index contributed by atoms with van der Waals surface area (Å²) < 4.78 is 11.9. The minimum absolute atomic E-state index is 0.252. The molecule has 1 aliphatic rings. The molecule has 200 valence electrons. The smallest absolute Gasteiger partial charge is 0.412 e. The topological polar surface area (TPSA) is 79.9 Å². The van der Waals surface area contributed by atoms with Crippen LogP contribution in [-0.2, 0) is 9.47 Å². The molecule has 4 rings (SSSR count). The zero-order valence-electron chi connectivity index (χ0n) is 22.5. The average Bonchev–Trinajstić information content (AvgIpc) is 2.86. The SMILES string of the molecule is CC1(C)CC(OC(=O)Nc2ccccc2)CC(C)(C)N1CC(OC(=O)Nc1ccccc1)c1ccccc1. The molecule has 7 heteroatoms. The maximum Gasteiger partial charge on any atom is 0.412 e. The highest BCUT2D eigenvalue weighted by Gasteiger charge is 2.47. The molecule has 0 radical (unpaired) electrons. The number of likely N-dealkylation sites (tertiary alicyclic amines) is 1. The Balaban J connectivity index is 1.46. The number of anilines is 2. The first-order valence-corrected chi connectivity index (χ1v) is 13.0. The summed E-state index contributed by atoms with van der Waals surface area (Å²) >= 11 is 0. The average molecular weight is 516 g/mol. The van der Waals surface area contributed by atoms with E-state index in [4.69, 9.17) is 9.47 Å². The lowest BCUT2D eigenvalue weighted by Crippen LogP contribution is -2.63. The third kappa shape index (κ3) is 7.13. The Morgan fingerprint density at radius 1 is 0.763 bits per heavy atom. The standard InChI is InChI=1S/C31H37N3O4/c1-30(2)20-26(37-28(35)32-24-16-10-6-11-17-24)21-31(3,4)34(30)22-27(23-14-8-5-9-15-23)38-29(36)33-25-18-12-7-13-19-25/h5-19,26-27H,20-22H2,1-4H3,(H,32,35)(H,33,36). The van der Waals surface area contributed by atoms with Crippen molar-refractivity contribution >= 4 is 23.6 Å². The van der Waals surface area contributed by atoms with Crippen molar-refractivity contribution in [3.05, 3.63) is 96.6 Å². The van der Waals surface area contributed by atoms with Crippen molar-refractivity contribution in [1.82, 2.24) is 4.90 Å². The number of nitrogens with one attached hydrogen (secondary N) is 2. The third-order valence-corrected chi connectivity index (χ3v) is 7.00. The largest absolute Gasteiger partial charge is 0.446 e. The summed E-state index contributed by atoms with van der Waals surface area (Å²) in [4.78, 5) is 27.8. The van der Waals surface area contributed by atoms with Gasteiger partial charge >= 0.3 is 12.2 Å². The van der Waals surface area contributed by atoms with Crippen LogP contribution >= 0.6 is 0 Å². The van der Waals surface area contributed by atoms with Crippen LogP contribution in [-0.4, -0.2) is 40.8 Å². The zero-order chi connectivity index (χ0) is 27.2. The first-order valence-electron chi connectivity index (χ1n) is 13.0. The highest BCUT2D eigenvalue weighted by atomic mass is 16.6. The first kappa shape index (κ1) is 27.2. The summed E-state index contributed by atoms with van der Waals surface area (Å²) in [6.07, 6.45) is -0.400. The minimum Gasteiger partial charge on any atom is -0.446 e. The van der Waals surface area contributed by atoms with Gasteiger partial charge in [-0.15, -0.1) is 0 Å². The van der Waals surface area contributed by atoms with E-state index in [9.17, 15) is 9.59 Å². The van der Waals surface area contributed by atoms with Crippen molar-refractivity contribution in [2.45, 2.75) is 63.8 Å². The summed E-state index contributed by atoms with van der Waals surface area (Å²) in [6, 6.07) is 28.3. The van der Waals surface area contributed by atoms with Crippen molar-refractivity contribution in [3.63, 3.8) is 0 Å². The number of carbonyl (C=O) groups is 2. The summed E-state index contributed by atoms with van der Waals surface area (Å²) in [5.74, 6) is 0. The van der Waals surface area contributed by atoms with Gasteiger partial charge in [0, 0.05) is 41.8 Å². The number of benzene rings is 3. The molecular weight excluding hydrogens is 478 g/mol. The zero-order valence-corrected chi connectivity index (χ0v) is 22.5. The summed E-state index contributed by atoms with van der Waals surface area (Å²) in [5.41, 5.74) is 1.64. The second kappa shape index (κ2) is 11.7. The van der Waals surface area contributed by atoms with Gasteiger partial charge in [0.1, 0.15) is 12.2 Å². The first-order chi connectivity index (χ1) is 18.1. The van der Waals surface area contributed by atoms with E-state index >= 15 is 0 Å². The predicted octanol–water partition coefficient (Wildman–Crippen LogP) is 7.25. The Morgan fingerprint density at radius 2 is 1.21 bits per heavy atom. The van der Waals surface area contributed by atoms with E-state index in [-0.39, 0.29) is 17.2 Å². The third-order valence-electron chi connectivity index (χ3n) is 7.00. The fourth-order valence-electron chi connectivity index (χ4n) is 5.47. The second-order valence-electron chi connectivity index (χ2n) is 11.0. The molecule has 7 nitrogen and oxygen atoms in total. The van der Waals surface area contributed by atoms with Crippen molar-refractivity contribution < 1.29 is 19.1 Å². The molecule has 2 N–H and O–H groups in total. The number of ether oxygens (including phenoxy) is 2. The highest BCUT2D eigenvalue weighted by Crippen LogP contribution is 2.41. The molecule has 0 bridgehead atoms. The van der Waals surface area contributed by atoms with Gasteiger partial charge in [0.05, 0.1) is 0 Å². The van der Waals surface area contributed by atoms with Gasteiger partial charge in [-0.2, -0.15) is 0 Å². The molecule has 1 heterocycles. The molecule has 1 fully saturated rings. The lowest BCUT2D eigenvalue weighted by Gasteiger charge is -2.55. The van der Waals surface area contributed by atoms with Gasteiger partial charge in [0.2, 0.25) is 0 Å². The number of amides is 2. The number of para-hydroxylation sites is 2. The van der Waals surface area contributed by atoms with Crippen LogP contribution in [0.3, 0.4) is 0 Å². The maximum atomic E-state index is 12.9. The summed E-state index contributed by atoms with van der Waals surface area (Å²) in [7, 11) is 0. The number of carbonyl (C=O) groups excluding carboxylic acids is 2. The number of rotatable bonds is 7. The second-order valence-corrected chi connectivity index (χ2v) is 11.0. The van der Waals surface area contributed by atoms with Crippen molar-refractivity contribution in [2.24, 2.45) is 0 Å². The molecular formula is C31H37N3O4. The van der Waals surface area contributed by atoms with Crippen LogP contribution in [0, 0.1) is 0 Å². The molecule has 0 spiro atoms. The van der Waals surface area contributed by atoms with Crippen molar-refractivity contribution in [1.29, 1.82) is 0 Å². The van der Waals surface area contributed by atoms with E-state index in [2.05, 4.69) is 43.2 Å². The van der Waals surface area contributed by atoms with E-state index in [0.717, 1.165) is 5.56 Å². The van der Waals surface area contributed by atoms with Crippen LogP contribution in [0.25, 0.3) is 0 Å². The van der Waals surface area contributed by atoms with E-state index in [1.165, 1.54) is 0 Å². The Morgan fingerprint density at radius 3 is 1.71 bits per heavy atom. The molecule has 2 amide bonds. The molecule has 1 saturated heterocycles. The predicted molar refractivity (Wildman–Crippen MR) is 150 cm³/mol. The highest BCUT2D eigenvalue weighted by molar-refractivity contribution is 5.85. The number of nitrogens with zero attached hydrogens (tertiary/aromatic N) is 1. The fraction of sp³-hybridized carbons (Fsp3) is 0.355. The molecule has 1 aliphatic heterocycles. The number of hydrogen-bond donors (Lipinski definition) is 2. The molecule has 0 aromatic heterocycles. The number of hydrogen-bond acceptors (Lipinski definition) is 5. The van der Waals surface area contributed by atoms with Crippen molar-refractivity contribution in [3.8, 4) is 0 Å². The van der Waals surface area contributed by atoms with Crippen LogP contribution in [0.5, 0.6) is 0 Å². The van der Waals surface area contributed by atoms with Gasteiger partial charge in [0.15, 0.2) is 0 Å². The Hall–Kier alpha value is -3.84. The lowest BCUT2D eigenvalue weighted by molar-refractivity contribution is -0.0980. The monoisotopic (exact) mass is 515 g/mol. The molecule has 38 heavy (non-hydrogen) atoms. The number of piperidine rings is 1. The minimum atomic E-state index is -0.503. The molecule has 0 saturated carbocycles. The molecule has 0 aliphatic carbocycles. The van der Waals surface area contributed by atoms with E-state index < -0.39 is 18.3 Å². The van der Waals surface area contributed by atoms with E-state index in [1.54, 1.807) is 0 Å². The summed E-state index contributed by atoms with van der Waals surface area (Å²) in [5, 5.41) is 5.64. The van der Waals surface area contributed by atoms with Gasteiger partial charge in [-0.1, -0.05) is 66.7 Å². The molecule has 1 atom stereocenters. The van der Waals surface area contributed by atoms with E-state index in [0.29, 0.717) is 30.8 Å². The van der Waals surface area contributed by atoms with Gasteiger partial charge < -0.3 is 9.47 Å². The van der Waals surface area contributed by atoms with E-state index in [1.807, 2.05) is 91.0 Å². The maximum absolute atomic E-state index is 12.9. The van der Waals surface area contributed by atoms with Crippen LogP contribution in [0.2, 0.25) is 0 Å². The van der Waals surface area contributed by atoms with Gasteiger partial charge in [-0.25, -0.2) is 9.59 Å². The van der Waals surface area contributed by atoms with Gasteiger partial charge in [0.25, 0.3) is 0 Å². The Labute approximate surface area is 225 Å². The van der Waals surface area contributed by atoms with Crippen LogP contribution in [0.4, 0.5) is 21.0 Å². The van der Waals surface area contributed by atoms with Gasteiger partial charge in [-0.05, 0) is 57.5 Å². The molecule has 3 aromatic rings. The Kier molecular flexibility index (Phi) is 8.37. The van der Waals surface area contributed by atoms with Crippen LogP contribution < -0.4 is 10.6 Å². The van der Waals surface area contributed by atoms with Gasteiger partial charge in [-0.3, -0.25) is 15.5 Å². The fourth-order valence-corrected chi connectivity index (χ4v) is 5.47. The normalized spacial score (nSPS) is 17.7. The van der Waals surface area contributed by atoms with Crippen LogP contribution in [0.1, 0.15) is 52.2 Å². The molecule has 1 unspecified atom stereocenters.